The van der Waals surface area contributed by atoms with Gasteiger partial charge in [-0.3, -0.25) is 4.79 Å². The zero-order valence-electron chi connectivity index (χ0n) is 14.5. The van der Waals surface area contributed by atoms with Gasteiger partial charge in [0.05, 0.1) is 0 Å². The summed E-state index contributed by atoms with van der Waals surface area (Å²) < 4.78 is 0. The van der Waals surface area contributed by atoms with Crippen LogP contribution in [-0.4, -0.2) is 42.1 Å². The molecule has 2 heterocycles. The molecule has 1 aliphatic heterocycles. The molecule has 1 amide bonds. The highest BCUT2D eigenvalue weighted by Crippen LogP contribution is 2.19. The lowest BCUT2D eigenvalue weighted by Gasteiger charge is -2.16. The standard InChI is InChI=1S/C19H22ClN5O/c20-16-6-2-1-5-15(16)7-8-19(26)22-10-9-21-17-13-18(24-14-23-17)25-11-3-4-12-25/h1-2,5-8,13-14H,3-4,9-12H2,(H,22,26)(H,21,23,24)/b8-7+. The van der Waals surface area contributed by atoms with Gasteiger partial charge in [-0.15, -0.1) is 0 Å². The third kappa shape index (κ3) is 5.20. The van der Waals surface area contributed by atoms with Gasteiger partial charge in [-0.1, -0.05) is 29.8 Å². The lowest BCUT2D eigenvalue weighted by Crippen LogP contribution is -2.27. The Bertz CT molecular complexity index is 774. The number of carbonyl (C=O) groups is 1. The first-order valence-corrected chi connectivity index (χ1v) is 9.11. The maximum absolute atomic E-state index is 11.9. The summed E-state index contributed by atoms with van der Waals surface area (Å²) in [7, 11) is 0. The number of halogens is 1. The van der Waals surface area contributed by atoms with E-state index in [-0.39, 0.29) is 5.91 Å². The summed E-state index contributed by atoms with van der Waals surface area (Å²) in [5.41, 5.74) is 0.817. The van der Waals surface area contributed by atoms with E-state index >= 15 is 0 Å². The number of amides is 1. The monoisotopic (exact) mass is 371 g/mol. The van der Waals surface area contributed by atoms with Crippen molar-refractivity contribution in [2.24, 2.45) is 0 Å². The second kappa shape index (κ2) is 9.20. The number of hydrogen-bond acceptors (Lipinski definition) is 5. The summed E-state index contributed by atoms with van der Waals surface area (Å²) in [6.07, 6.45) is 7.18. The van der Waals surface area contributed by atoms with Crippen LogP contribution >= 0.6 is 11.6 Å². The average molecular weight is 372 g/mol. The van der Waals surface area contributed by atoms with Crippen LogP contribution in [0.3, 0.4) is 0 Å². The van der Waals surface area contributed by atoms with E-state index < -0.39 is 0 Å². The summed E-state index contributed by atoms with van der Waals surface area (Å²) in [6, 6.07) is 9.34. The molecule has 7 heteroatoms. The van der Waals surface area contributed by atoms with Gasteiger partial charge in [0, 0.05) is 43.3 Å². The van der Waals surface area contributed by atoms with Gasteiger partial charge in [0.1, 0.15) is 18.0 Å². The number of hydrogen-bond donors (Lipinski definition) is 2. The number of nitrogens with one attached hydrogen (secondary N) is 2. The van der Waals surface area contributed by atoms with Gasteiger partial charge in [0.15, 0.2) is 0 Å². The largest absolute Gasteiger partial charge is 0.368 e. The highest BCUT2D eigenvalue weighted by atomic mass is 35.5. The van der Waals surface area contributed by atoms with Crippen LogP contribution in [0.15, 0.2) is 42.7 Å². The Morgan fingerprint density at radius 1 is 1.19 bits per heavy atom. The van der Waals surface area contributed by atoms with Crippen molar-refractivity contribution in [1.29, 1.82) is 0 Å². The molecule has 1 aromatic heterocycles. The molecule has 136 valence electrons. The van der Waals surface area contributed by atoms with Gasteiger partial charge in [0.25, 0.3) is 0 Å². The van der Waals surface area contributed by atoms with E-state index in [1.807, 2.05) is 24.3 Å². The fourth-order valence-corrected chi connectivity index (χ4v) is 2.97. The third-order valence-electron chi connectivity index (χ3n) is 4.13. The first-order valence-electron chi connectivity index (χ1n) is 8.74. The van der Waals surface area contributed by atoms with Crippen molar-refractivity contribution in [1.82, 2.24) is 15.3 Å². The van der Waals surface area contributed by atoms with E-state index in [1.54, 1.807) is 18.5 Å². The molecule has 0 aliphatic carbocycles. The third-order valence-corrected chi connectivity index (χ3v) is 4.48. The molecule has 0 bridgehead atoms. The average Bonchev–Trinajstić information content (AvgIpc) is 3.20. The quantitative estimate of drug-likeness (QED) is 0.578. The molecular formula is C19H22ClN5O. The van der Waals surface area contributed by atoms with E-state index in [1.165, 1.54) is 18.9 Å². The Labute approximate surface area is 158 Å². The molecule has 26 heavy (non-hydrogen) atoms. The van der Waals surface area contributed by atoms with Crippen LogP contribution in [0.2, 0.25) is 5.02 Å². The lowest BCUT2D eigenvalue weighted by atomic mass is 10.2. The fraction of sp³-hybridized carbons (Fsp3) is 0.316. The molecule has 6 nitrogen and oxygen atoms in total. The maximum Gasteiger partial charge on any atom is 0.244 e. The first kappa shape index (κ1) is 18.2. The van der Waals surface area contributed by atoms with Gasteiger partial charge >= 0.3 is 0 Å². The zero-order chi connectivity index (χ0) is 18.2. The van der Waals surface area contributed by atoms with Crippen LogP contribution in [0.1, 0.15) is 18.4 Å². The summed E-state index contributed by atoms with van der Waals surface area (Å²) in [5, 5.41) is 6.66. The van der Waals surface area contributed by atoms with Crippen molar-refractivity contribution in [3.63, 3.8) is 0 Å². The van der Waals surface area contributed by atoms with Crippen LogP contribution in [-0.2, 0) is 4.79 Å². The molecule has 2 aromatic rings. The van der Waals surface area contributed by atoms with Crippen molar-refractivity contribution in [3.8, 4) is 0 Å². The Kier molecular flexibility index (Phi) is 6.44. The number of aromatic nitrogens is 2. The van der Waals surface area contributed by atoms with Gasteiger partial charge in [-0.25, -0.2) is 9.97 Å². The minimum Gasteiger partial charge on any atom is -0.368 e. The molecular weight excluding hydrogens is 350 g/mol. The number of anilines is 2. The predicted molar refractivity (Wildman–Crippen MR) is 105 cm³/mol. The van der Waals surface area contributed by atoms with Crippen LogP contribution in [0.5, 0.6) is 0 Å². The number of rotatable bonds is 7. The highest BCUT2D eigenvalue weighted by Gasteiger charge is 2.13. The molecule has 2 N–H and O–H groups in total. The van der Waals surface area contributed by atoms with Gasteiger partial charge in [-0.05, 0) is 30.5 Å². The van der Waals surface area contributed by atoms with Crippen LogP contribution < -0.4 is 15.5 Å². The number of nitrogens with zero attached hydrogens (tertiary/aromatic N) is 3. The molecule has 3 rings (SSSR count). The highest BCUT2D eigenvalue weighted by molar-refractivity contribution is 6.32. The van der Waals surface area contributed by atoms with Crippen molar-refractivity contribution in [3.05, 3.63) is 53.3 Å². The molecule has 0 radical (unpaired) electrons. The SMILES string of the molecule is O=C(/C=C/c1ccccc1Cl)NCCNc1cc(N2CCCC2)ncn1. The van der Waals surface area contributed by atoms with Crippen molar-refractivity contribution in [2.45, 2.75) is 12.8 Å². The molecule has 0 spiro atoms. The minimum absolute atomic E-state index is 0.160. The molecule has 1 fully saturated rings. The molecule has 0 atom stereocenters. The summed E-state index contributed by atoms with van der Waals surface area (Å²) in [6.45, 7) is 3.17. The Morgan fingerprint density at radius 2 is 2.00 bits per heavy atom. The van der Waals surface area contributed by atoms with Crippen molar-refractivity contribution < 1.29 is 4.79 Å². The zero-order valence-corrected chi connectivity index (χ0v) is 15.2. The molecule has 0 unspecified atom stereocenters. The van der Waals surface area contributed by atoms with Crippen LogP contribution in [0.4, 0.5) is 11.6 Å². The smallest absolute Gasteiger partial charge is 0.244 e. The molecule has 0 saturated carbocycles. The number of benzene rings is 1. The lowest BCUT2D eigenvalue weighted by molar-refractivity contribution is -0.116. The molecule has 1 aliphatic rings. The minimum atomic E-state index is -0.160. The Hall–Kier alpha value is -2.60. The van der Waals surface area contributed by atoms with Gasteiger partial charge < -0.3 is 15.5 Å². The van der Waals surface area contributed by atoms with Crippen LogP contribution in [0, 0.1) is 0 Å². The van der Waals surface area contributed by atoms with E-state index in [9.17, 15) is 4.79 Å². The summed E-state index contributed by atoms with van der Waals surface area (Å²) in [5.74, 6) is 1.56. The van der Waals surface area contributed by atoms with Crippen molar-refractivity contribution in [2.75, 3.05) is 36.4 Å². The van der Waals surface area contributed by atoms with Crippen molar-refractivity contribution >= 4 is 35.2 Å². The van der Waals surface area contributed by atoms with E-state index in [4.69, 9.17) is 11.6 Å². The Balaban J connectivity index is 1.42. The predicted octanol–water partition coefficient (Wildman–Crippen LogP) is 2.97. The van der Waals surface area contributed by atoms with E-state index in [0.29, 0.717) is 18.1 Å². The Morgan fingerprint density at radius 3 is 2.81 bits per heavy atom. The summed E-state index contributed by atoms with van der Waals surface area (Å²) in [4.78, 5) is 22.7. The van der Waals surface area contributed by atoms with Crippen LogP contribution in [0.25, 0.3) is 6.08 Å². The first-order chi connectivity index (χ1) is 12.7. The molecule has 1 aromatic carbocycles. The van der Waals surface area contributed by atoms with Gasteiger partial charge in [-0.2, -0.15) is 0 Å². The van der Waals surface area contributed by atoms with E-state index in [2.05, 4.69) is 25.5 Å². The fourth-order valence-electron chi connectivity index (χ4n) is 2.77. The maximum atomic E-state index is 11.9. The second-order valence-corrected chi connectivity index (χ2v) is 6.44. The normalized spacial score (nSPS) is 14.0. The number of carbonyl (C=O) groups excluding carboxylic acids is 1. The van der Waals surface area contributed by atoms with E-state index in [0.717, 1.165) is 30.3 Å². The topological polar surface area (TPSA) is 70.2 Å². The van der Waals surface area contributed by atoms with Gasteiger partial charge in [0.2, 0.25) is 5.91 Å². The summed E-state index contributed by atoms with van der Waals surface area (Å²) >= 11 is 6.05. The second-order valence-electron chi connectivity index (χ2n) is 6.03. The molecule has 1 saturated heterocycles.